The lowest BCUT2D eigenvalue weighted by Gasteiger charge is -2.32. The maximum atomic E-state index is 12.4. The van der Waals surface area contributed by atoms with Gasteiger partial charge in [-0.2, -0.15) is 0 Å². The molecule has 2 amide bonds. The topological polar surface area (TPSA) is 58.6 Å². The molecule has 5 heteroatoms. The number of nitrogens with one attached hydrogen (secondary N) is 1. The lowest BCUT2D eigenvalue weighted by atomic mass is 10.0. The first-order valence-corrected chi connectivity index (χ1v) is 9.18. The minimum absolute atomic E-state index is 0.124. The zero-order valence-corrected chi connectivity index (χ0v) is 15.6. The Morgan fingerprint density at radius 3 is 2.40 bits per heavy atom. The van der Waals surface area contributed by atoms with Gasteiger partial charge in [0, 0.05) is 32.0 Å². The molecule has 1 saturated heterocycles. The predicted molar refractivity (Wildman–Crippen MR) is 98.5 cm³/mol. The molecule has 1 fully saturated rings. The Balaban J connectivity index is 1.70. The molecule has 0 radical (unpaired) electrons. The summed E-state index contributed by atoms with van der Waals surface area (Å²) in [6.45, 7) is 5.55. The summed E-state index contributed by atoms with van der Waals surface area (Å²) >= 11 is 0. The summed E-state index contributed by atoms with van der Waals surface area (Å²) in [4.78, 5) is 26.1. The predicted octanol–water partition coefficient (Wildman–Crippen LogP) is 2.78. The fraction of sp³-hybridized carbons (Fsp3) is 0.600. The fourth-order valence-corrected chi connectivity index (χ4v) is 3.13. The van der Waals surface area contributed by atoms with E-state index in [1.54, 1.807) is 7.11 Å². The number of benzene rings is 1. The second kappa shape index (κ2) is 9.44. The van der Waals surface area contributed by atoms with Gasteiger partial charge in [-0.3, -0.25) is 9.59 Å². The number of hydrogen-bond donors (Lipinski definition) is 1. The Hall–Kier alpha value is -2.04. The van der Waals surface area contributed by atoms with Crippen LogP contribution in [0, 0.1) is 5.92 Å². The number of likely N-dealkylation sites (tertiary alicyclic amines) is 1. The number of carbonyl (C=O) groups is 2. The molecule has 2 rings (SSSR count). The second-order valence-corrected chi connectivity index (χ2v) is 7.17. The molecule has 0 spiro atoms. The van der Waals surface area contributed by atoms with E-state index in [4.69, 9.17) is 4.74 Å². The quantitative estimate of drug-likeness (QED) is 0.826. The van der Waals surface area contributed by atoms with Crippen molar-refractivity contribution >= 4 is 11.8 Å². The van der Waals surface area contributed by atoms with E-state index in [0.717, 1.165) is 43.7 Å². The van der Waals surface area contributed by atoms with Crippen molar-refractivity contribution in [3.05, 3.63) is 29.8 Å². The number of piperidine rings is 1. The molecule has 1 aromatic carbocycles. The number of rotatable bonds is 7. The first kappa shape index (κ1) is 19.3. The van der Waals surface area contributed by atoms with Gasteiger partial charge in [-0.25, -0.2) is 0 Å². The smallest absolute Gasteiger partial charge is 0.222 e. The van der Waals surface area contributed by atoms with E-state index in [2.05, 4.69) is 5.32 Å². The molecule has 1 aliphatic heterocycles. The van der Waals surface area contributed by atoms with Crippen LogP contribution in [-0.2, 0) is 16.0 Å². The maximum absolute atomic E-state index is 12.4. The van der Waals surface area contributed by atoms with Crippen LogP contribution in [-0.4, -0.2) is 43.0 Å². The molecule has 0 atom stereocenters. The largest absolute Gasteiger partial charge is 0.497 e. The van der Waals surface area contributed by atoms with Crippen molar-refractivity contribution in [3.8, 4) is 5.75 Å². The first-order valence-electron chi connectivity index (χ1n) is 9.18. The summed E-state index contributed by atoms with van der Waals surface area (Å²) in [5.74, 6) is 1.53. The summed E-state index contributed by atoms with van der Waals surface area (Å²) in [5.41, 5.74) is 1.14. The molecular formula is C20H30N2O3. The van der Waals surface area contributed by atoms with Crippen molar-refractivity contribution in [2.24, 2.45) is 5.92 Å². The summed E-state index contributed by atoms with van der Waals surface area (Å²) in [7, 11) is 1.65. The Morgan fingerprint density at radius 1 is 1.20 bits per heavy atom. The van der Waals surface area contributed by atoms with Crippen LogP contribution in [0.3, 0.4) is 0 Å². The lowest BCUT2D eigenvalue weighted by Crippen LogP contribution is -2.46. The van der Waals surface area contributed by atoms with Gasteiger partial charge in [0.15, 0.2) is 0 Å². The Bertz CT molecular complexity index is 561. The SMILES string of the molecule is COc1ccc(CCC(=O)N2CCC(NC(=O)CC(C)C)CC2)cc1. The Kier molecular flexibility index (Phi) is 7.29. The Labute approximate surface area is 150 Å². The summed E-state index contributed by atoms with van der Waals surface area (Å²) in [6.07, 6.45) is 3.53. The average Bonchev–Trinajstić information content (AvgIpc) is 2.60. The van der Waals surface area contributed by atoms with Gasteiger partial charge < -0.3 is 15.0 Å². The molecule has 0 aromatic heterocycles. The van der Waals surface area contributed by atoms with Crippen molar-refractivity contribution in [1.29, 1.82) is 0 Å². The van der Waals surface area contributed by atoms with Crippen molar-refractivity contribution in [1.82, 2.24) is 10.2 Å². The molecule has 1 heterocycles. The highest BCUT2D eigenvalue weighted by Crippen LogP contribution is 2.15. The lowest BCUT2D eigenvalue weighted by molar-refractivity contribution is -0.132. The van der Waals surface area contributed by atoms with E-state index in [-0.39, 0.29) is 17.9 Å². The van der Waals surface area contributed by atoms with Crippen molar-refractivity contribution in [3.63, 3.8) is 0 Å². The third-order valence-corrected chi connectivity index (χ3v) is 4.59. The molecule has 0 bridgehead atoms. The molecule has 1 aromatic rings. The van der Waals surface area contributed by atoms with Crippen molar-refractivity contribution < 1.29 is 14.3 Å². The summed E-state index contributed by atoms with van der Waals surface area (Å²) in [5, 5.41) is 3.09. The van der Waals surface area contributed by atoms with Gasteiger partial charge in [-0.05, 0) is 42.9 Å². The minimum atomic E-state index is 0.124. The normalized spacial score (nSPS) is 15.3. The monoisotopic (exact) mass is 346 g/mol. The van der Waals surface area contributed by atoms with E-state index in [1.165, 1.54) is 0 Å². The number of methoxy groups -OCH3 is 1. The van der Waals surface area contributed by atoms with Crippen LogP contribution in [0.4, 0.5) is 0 Å². The number of amides is 2. The highest BCUT2D eigenvalue weighted by Gasteiger charge is 2.23. The number of carbonyl (C=O) groups excluding carboxylic acids is 2. The number of hydrogen-bond acceptors (Lipinski definition) is 3. The second-order valence-electron chi connectivity index (χ2n) is 7.17. The van der Waals surface area contributed by atoms with E-state index in [9.17, 15) is 9.59 Å². The van der Waals surface area contributed by atoms with Gasteiger partial charge in [0.25, 0.3) is 0 Å². The fourth-order valence-electron chi connectivity index (χ4n) is 3.13. The molecule has 5 nitrogen and oxygen atoms in total. The maximum Gasteiger partial charge on any atom is 0.222 e. The summed E-state index contributed by atoms with van der Waals surface area (Å²) < 4.78 is 5.14. The minimum Gasteiger partial charge on any atom is -0.497 e. The number of aryl methyl sites for hydroxylation is 1. The zero-order valence-electron chi connectivity index (χ0n) is 15.6. The first-order chi connectivity index (χ1) is 12.0. The van der Waals surface area contributed by atoms with Gasteiger partial charge >= 0.3 is 0 Å². The van der Waals surface area contributed by atoms with Crippen LogP contribution in [0.2, 0.25) is 0 Å². The van der Waals surface area contributed by atoms with Crippen LogP contribution in [0.1, 0.15) is 45.1 Å². The van der Waals surface area contributed by atoms with Crippen LogP contribution in [0.25, 0.3) is 0 Å². The van der Waals surface area contributed by atoms with Crippen LogP contribution < -0.4 is 10.1 Å². The van der Waals surface area contributed by atoms with Crippen molar-refractivity contribution in [2.75, 3.05) is 20.2 Å². The molecule has 1 N–H and O–H groups in total. The van der Waals surface area contributed by atoms with Gasteiger partial charge in [-0.15, -0.1) is 0 Å². The van der Waals surface area contributed by atoms with E-state index < -0.39 is 0 Å². The van der Waals surface area contributed by atoms with Crippen molar-refractivity contribution in [2.45, 2.75) is 52.0 Å². The number of ether oxygens (including phenoxy) is 1. The molecular weight excluding hydrogens is 316 g/mol. The van der Waals surface area contributed by atoms with Gasteiger partial charge in [0.05, 0.1) is 7.11 Å². The molecule has 0 saturated carbocycles. The van der Waals surface area contributed by atoms with Crippen LogP contribution >= 0.6 is 0 Å². The standard InChI is InChI=1S/C20H30N2O3/c1-15(2)14-19(23)21-17-10-12-22(13-11-17)20(24)9-6-16-4-7-18(25-3)8-5-16/h4-5,7-8,15,17H,6,9-14H2,1-3H3,(H,21,23). The van der Waals surface area contributed by atoms with E-state index in [1.807, 2.05) is 43.0 Å². The van der Waals surface area contributed by atoms with E-state index >= 15 is 0 Å². The molecule has 0 aliphatic carbocycles. The third-order valence-electron chi connectivity index (χ3n) is 4.59. The van der Waals surface area contributed by atoms with Crippen LogP contribution in [0.5, 0.6) is 5.75 Å². The highest BCUT2D eigenvalue weighted by molar-refractivity contribution is 5.77. The van der Waals surface area contributed by atoms with Gasteiger partial charge in [0.2, 0.25) is 11.8 Å². The molecule has 138 valence electrons. The molecule has 25 heavy (non-hydrogen) atoms. The van der Waals surface area contributed by atoms with Gasteiger partial charge in [0.1, 0.15) is 5.75 Å². The molecule has 0 unspecified atom stereocenters. The molecule has 1 aliphatic rings. The zero-order chi connectivity index (χ0) is 18.2. The average molecular weight is 346 g/mol. The summed E-state index contributed by atoms with van der Waals surface area (Å²) in [6, 6.07) is 8.05. The van der Waals surface area contributed by atoms with E-state index in [0.29, 0.717) is 18.8 Å². The van der Waals surface area contributed by atoms with Gasteiger partial charge in [-0.1, -0.05) is 26.0 Å². The third kappa shape index (κ3) is 6.40. The highest BCUT2D eigenvalue weighted by atomic mass is 16.5. The van der Waals surface area contributed by atoms with Crippen LogP contribution in [0.15, 0.2) is 24.3 Å². The Morgan fingerprint density at radius 2 is 1.84 bits per heavy atom. The number of nitrogens with zero attached hydrogens (tertiary/aromatic N) is 1.